The number of fused-ring (bicyclic) bond motifs is 2. The van der Waals surface area contributed by atoms with Crippen LogP contribution in [0.2, 0.25) is 0 Å². The van der Waals surface area contributed by atoms with Gasteiger partial charge in [-0.1, -0.05) is 152 Å². The number of aromatic nitrogens is 1. The molecule has 0 saturated carbocycles. The van der Waals surface area contributed by atoms with Gasteiger partial charge >= 0.3 is 123 Å². The second-order valence-corrected chi connectivity index (χ2v) is 24.1. The van der Waals surface area contributed by atoms with Gasteiger partial charge in [0.05, 0.1) is 17.3 Å². The first-order valence-electron chi connectivity index (χ1n) is 28.9. The van der Waals surface area contributed by atoms with Gasteiger partial charge in [-0.15, -0.1) is 6.58 Å². The zero-order chi connectivity index (χ0) is 57.1. The zero-order valence-corrected chi connectivity index (χ0v) is 54.6. The van der Waals surface area contributed by atoms with Gasteiger partial charge in [-0.3, -0.25) is 0 Å². The number of hydrogen-bond donors (Lipinski definition) is 1. The Balaban J connectivity index is 0.000000350. The van der Waals surface area contributed by atoms with Crippen molar-refractivity contribution in [3.63, 3.8) is 0 Å². The van der Waals surface area contributed by atoms with Crippen LogP contribution in [0.4, 0.5) is 5.69 Å². The Morgan fingerprint density at radius 2 is 1.23 bits per heavy atom. The standard InChI is InChI=1S/C21H22Br2O.C14H28O.2C10H12.C7H7N.C6H8N.C3H6.CH4.Mo/c1-12-17(22)10-13-6-2-4-8-15(13)19(12)20-16-9-5-3-7-14(16)11-18(23)21(20)24;1-3-5-7-8-9-10-11-12-14-15-13-6-4-2;1-10(2,3)9-7-5-4-6-8-9;1-3-9-7-5-6-8-10(9)4-2;1-6-4-2-3-5-7(6)8;1-5-3-4-6(2)7-5;1-3-2;;/h10-11,24H,2-9H2,1H3;12,14H,3-11,13H2,1-2H3;1,4-8H,2-3H3;3,5-8H,1,4H2,2H3;2-5H,1H3;3-4H,1-2H3;3H,1H2,2H3;1H4;/q;;;;;-1;;;/b;14-12-;;;;;;;. The SMILES string of the molecule is C.C=CC.C=Cc1ccccc1CC.CCCCCCCC/C=C\OCCCC.Cc1c(Br)cc2c(c1-c1c(O)c(Br)cc3c1CCCC3)CCCC2.Cc1ccc(C)[n-]1.Cc1ccccc1[N]=[Mo]=[CH]C(C)(C)c1ccccc1. The summed E-state index contributed by atoms with van der Waals surface area (Å²) in [6.45, 7) is 29.3. The zero-order valence-electron chi connectivity index (χ0n) is 49.5. The molecule has 1 N–H and O–H groups in total. The maximum atomic E-state index is 11.0. The van der Waals surface area contributed by atoms with Crippen molar-refractivity contribution in [2.75, 3.05) is 6.61 Å². The molecule has 7 heteroatoms. The van der Waals surface area contributed by atoms with Crippen molar-refractivity contribution in [1.82, 2.24) is 4.98 Å². The Labute approximate surface area is 506 Å². The van der Waals surface area contributed by atoms with Crippen LogP contribution in [0.5, 0.6) is 5.75 Å². The van der Waals surface area contributed by atoms with Crippen LogP contribution >= 0.6 is 31.9 Å². The number of phenols is 1. The van der Waals surface area contributed by atoms with E-state index in [1.54, 1.807) is 6.08 Å². The molecule has 8 rings (SSSR count). The molecule has 0 saturated heterocycles. The predicted octanol–water partition coefficient (Wildman–Crippen LogP) is 22.4. The summed E-state index contributed by atoms with van der Waals surface area (Å²) >= 11 is 6.89. The molecule has 2 aliphatic carbocycles. The predicted molar refractivity (Wildman–Crippen MR) is 352 cm³/mol. The number of rotatable bonds is 17. The first-order chi connectivity index (χ1) is 37.7. The summed E-state index contributed by atoms with van der Waals surface area (Å²) in [5, 5.41) is 11.0. The molecule has 430 valence electrons. The van der Waals surface area contributed by atoms with Crippen LogP contribution in [0.1, 0.15) is 194 Å². The van der Waals surface area contributed by atoms with Crippen molar-refractivity contribution >= 4 is 48.0 Å². The topological polar surface area (TPSA) is 55.9 Å². The monoisotopic (exact) mass is 1280 g/mol. The number of nitrogens with zero attached hydrogens (tertiary/aromatic N) is 2. The van der Waals surface area contributed by atoms with Gasteiger partial charge in [0, 0.05) is 10.0 Å². The van der Waals surface area contributed by atoms with Gasteiger partial charge < -0.3 is 14.8 Å². The molecule has 6 aromatic rings. The molecule has 0 radical (unpaired) electrons. The molecule has 0 bridgehead atoms. The van der Waals surface area contributed by atoms with E-state index in [0.717, 1.165) is 65.8 Å². The van der Waals surface area contributed by atoms with E-state index >= 15 is 0 Å². The molecule has 0 spiro atoms. The van der Waals surface area contributed by atoms with Crippen molar-refractivity contribution in [2.45, 2.75) is 198 Å². The molecular formula is C72H99Br2MoN2O2-. The first-order valence-corrected chi connectivity index (χ1v) is 32.6. The second-order valence-electron chi connectivity index (χ2n) is 20.9. The third-order valence-corrected chi connectivity index (χ3v) is 17.8. The fourth-order valence-corrected chi connectivity index (χ4v) is 12.2. The Kier molecular flexibility index (Phi) is 36.3. The quantitative estimate of drug-likeness (QED) is 0.0428. The number of unbranched alkanes of at least 4 members (excludes halogenated alkanes) is 7. The summed E-state index contributed by atoms with van der Waals surface area (Å²) in [5.41, 5.74) is 18.1. The van der Waals surface area contributed by atoms with Crippen molar-refractivity contribution < 1.29 is 27.8 Å². The Morgan fingerprint density at radius 1 is 0.684 bits per heavy atom. The van der Waals surface area contributed by atoms with Gasteiger partial charge in [0.15, 0.2) is 0 Å². The summed E-state index contributed by atoms with van der Waals surface area (Å²) in [6, 6.07) is 35.8. The number of aromatic hydroxyl groups is 1. The summed E-state index contributed by atoms with van der Waals surface area (Å²) < 4.78 is 14.5. The first kappa shape index (κ1) is 70.6. The van der Waals surface area contributed by atoms with E-state index in [1.807, 2.05) is 51.3 Å². The second kappa shape index (κ2) is 40.7. The molecule has 0 unspecified atom stereocenters. The van der Waals surface area contributed by atoms with Gasteiger partial charge in [0.1, 0.15) is 5.75 Å². The van der Waals surface area contributed by atoms with Crippen LogP contribution < -0.4 is 4.98 Å². The van der Waals surface area contributed by atoms with E-state index in [1.165, 1.54) is 144 Å². The maximum absolute atomic E-state index is 11.0. The number of ether oxygens (including phenoxy) is 1. The van der Waals surface area contributed by atoms with Gasteiger partial charge in [-0.25, -0.2) is 0 Å². The Bertz CT molecular complexity index is 2690. The average Bonchev–Trinajstić information content (AvgIpc) is 3.87. The van der Waals surface area contributed by atoms with Gasteiger partial charge in [-0.05, 0) is 170 Å². The average molecular weight is 1280 g/mol. The molecule has 2 aliphatic rings. The van der Waals surface area contributed by atoms with Gasteiger partial charge in [0.2, 0.25) is 0 Å². The van der Waals surface area contributed by atoms with Crippen molar-refractivity contribution in [3.8, 4) is 16.9 Å². The van der Waals surface area contributed by atoms with Crippen LogP contribution in [0.15, 0.2) is 147 Å². The summed E-state index contributed by atoms with van der Waals surface area (Å²) in [4.78, 5) is 4.11. The number of allylic oxidation sites excluding steroid dienone is 2. The van der Waals surface area contributed by atoms with Crippen LogP contribution in [0.3, 0.4) is 0 Å². The summed E-state index contributed by atoms with van der Waals surface area (Å²) in [5.74, 6) is 0.421. The third-order valence-electron chi connectivity index (χ3n) is 13.9. The molecule has 0 fully saturated rings. The fourth-order valence-electron chi connectivity index (χ4n) is 9.39. The number of benzene rings is 5. The number of hydrogen-bond acceptors (Lipinski definition) is 3. The molecule has 4 nitrogen and oxygen atoms in total. The minimum absolute atomic E-state index is 0. The Hall–Kier alpha value is -4.48. The van der Waals surface area contributed by atoms with E-state index in [4.69, 9.17) is 8.23 Å². The van der Waals surface area contributed by atoms with E-state index in [0.29, 0.717) is 5.75 Å². The van der Waals surface area contributed by atoms with Crippen molar-refractivity contribution in [1.29, 1.82) is 0 Å². The number of halogens is 2. The van der Waals surface area contributed by atoms with Crippen LogP contribution in [-0.2, 0) is 60.2 Å². The molecule has 0 amide bonds. The van der Waals surface area contributed by atoms with Crippen molar-refractivity contribution in [2.24, 2.45) is 3.50 Å². The molecule has 1 aromatic heterocycles. The molecule has 0 atom stereocenters. The minimum atomic E-state index is -0.473. The third kappa shape index (κ3) is 25.5. The van der Waals surface area contributed by atoms with E-state index in [-0.39, 0.29) is 12.8 Å². The summed E-state index contributed by atoms with van der Waals surface area (Å²) in [6.07, 6.45) is 30.0. The molecule has 79 heavy (non-hydrogen) atoms. The fraction of sp³-hybridized carbons (Fsp3) is 0.431. The van der Waals surface area contributed by atoms with Crippen LogP contribution in [0, 0.1) is 27.7 Å². The Morgan fingerprint density at radius 3 is 1.80 bits per heavy atom. The van der Waals surface area contributed by atoms with E-state index < -0.39 is 17.9 Å². The normalized spacial score (nSPS) is 11.9. The molecule has 0 aliphatic heterocycles. The molecular weight excluding hydrogens is 1180 g/mol. The van der Waals surface area contributed by atoms with Crippen LogP contribution in [-0.4, -0.2) is 16.1 Å². The summed E-state index contributed by atoms with van der Waals surface area (Å²) in [7, 11) is 0. The van der Waals surface area contributed by atoms with Crippen LogP contribution in [0.25, 0.3) is 17.2 Å². The molecule has 1 heterocycles. The number of aryl methyl sites for hydroxylation is 6. The number of phenolic OH excluding ortho intramolecular Hbond substituents is 1. The van der Waals surface area contributed by atoms with Gasteiger partial charge in [0.25, 0.3) is 0 Å². The van der Waals surface area contributed by atoms with Crippen molar-refractivity contribution in [3.05, 3.63) is 205 Å². The van der Waals surface area contributed by atoms with E-state index in [2.05, 4.69) is 194 Å². The van der Waals surface area contributed by atoms with Gasteiger partial charge in [-0.2, -0.15) is 11.4 Å². The van der Waals surface area contributed by atoms with E-state index in [9.17, 15) is 5.11 Å². The molecule has 5 aromatic carbocycles.